The number of carbonyl (C=O) groups is 1. The summed E-state index contributed by atoms with van der Waals surface area (Å²) < 4.78 is 11.1. The van der Waals surface area contributed by atoms with Gasteiger partial charge in [-0.3, -0.25) is 4.79 Å². The summed E-state index contributed by atoms with van der Waals surface area (Å²) in [6, 6.07) is 17.1. The van der Waals surface area contributed by atoms with E-state index >= 15 is 0 Å². The number of nitrogens with zero attached hydrogens (tertiary/aromatic N) is 1. The Balaban J connectivity index is 1.73. The van der Waals surface area contributed by atoms with Crippen molar-refractivity contribution in [1.82, 2.24) is 5.16 Å². The van der Waals surface area contributed by atoms with Gasteiger partial charge in [0, 0.05) is 22.8 Å². The predicted octanol–water partition coefficient (Wildman–Crippen LogP) is 5.39. The van der Waals surface area contributed by atoms with Crippen molar-refractivity contribution in [2.75, 3.05) is 6.61 Å². The Labute approximate surface area is 147 Å². The van der Waals surface area contributed by atoms with Crippen LogP contribution in [0.1, 0.15) is 37.0 Å². The predicted molar refractivity (Wildman–Crippen MR) is 97.8 cm³/mol. The Morgan fingerprint density at radius 2 is 1.72 bits per heavy atom. The van der Waals surface area contributed by atoms with Crippen LogP contribution in [-0.4, -0.2) is 17.5 Å². The van der Waals surface area contributed by atoms with Gasteiger partial charge in [0.05, 0.1) is 6.61 Å². The minimum absolute atomic E-state index is 0.0497. The maximum atomic E-state index is 11.3. The van der Waals surface area contributed by atoms with Gasteiger partial charge in [0.1, 0.15) is 11.4 Å². The second-order valence-electron chi connectivity index (χ2n) is 5.94. The number of ketones is 1. The van der Waals surface area contributed by atoms with Crippen molar-refractivity contribution in [2.45, 2.75) is 26.7 Å². The van der Waals surface area contributed by atoms with Crippen molar-refractivity contribution < 1.29 is 14.1 Å². The van der Waals surface area contributed by atoms with E-state index in [0.29, 0.717) is 11.3 Å². The summed E-state index contributed by atoms with van der Waals surface area (Å²) in [5.74, 6) is 1.61. The van der Waals surface area contributed by atoms with Gasteiger partial charge in [0.15, 0.2) is 11.5 Å². The Hall–Kier alpha value is -2.88. The van der Waals surface area contributed by atoms with E-state index in [2.05, 4.69) is 12.1 Å². The van der Waals surface area contributed by atoms with Crippen molar-refractivity contribution >= 4 is 5.78 Å². The van der Waals surface area contributed by atoms with Gasteiger partial charge >= 0.3 is 0 Å². The van der Waals surface area contributed by atoms with Crippen LogP contribution in [0.4, 0.5) is 0 Å². The molecule has 3 rings (SSSR count). The van der Waals surface area contributed by atoms with E-state index in [1.165, 1.54) is 0 Å². The molecule has 0 N–H and O–H groups in total. The van der Waals surface area contributed by atoms with E-state index in [1.54, 1.807) is 19.1 Å². The van der Waals surface area contributed by atoms with Crippen LogP contribution in [0.15, 0.2) is 59.1 Å². The first-order valence-corrected chi connectivity index (χ1v) is 8.48. The average molecular weight is 335 g/mol. The molecule has 0 fully saturated rings. The Morgan fingerprint density at radius 1 is 1.04 bits per heavy atom. The van der Waals surface area contributed by atoms with Crippen LogP contribution in [0, 0.1) is 0 Å². The number of benzene rings is 2. The molecule has 0 saturated heterocycles. The number of ether oxygens (including phenoxy) is 1. The number of hydrogen-bond acceptors (Lipinski definition) is 4. The van der Waals surface area contributed by atoms with E-state index in [4.69, 9.17) is 9.26 Å². The van der Waals surface area contributed by atoms with Gasteiger partial charge in [-0.15, -0.1) is 0 Å². The topological polar surface area (TPSA) is 52.3 Å². The van der Waals surface area contributed by atoms with E-state index < -0.39 is 0 Å². The minimum Gasteiger partial charge on any atom is -0.494 e. The summed E-state index contributed by atoms with van der Waals surface area (Å²) in [5.41, 5.74) is 3.29. The van der Waals surface area contributed by atoms with Gasteiger partial charge in [-0.1, -0.05) is 42.8 Å². The molecule has 2 aromatic carbocycles. The third-order valence-corrected chi connectivity index (χ3v) is 4.00. The highest BCUT2D eigenvalue weighted by Crippen LogP contribution is 2.27. The van der Waals surface area contributed by atoms with E-state index in [1.807, 2.05) is 42.5 Å². The lowest BCUT2D eigenvalue weighted by molar-refractivity contribution is 0.101. The molecular weight excluding hydrogens is 314 g/mol. The van der Waals surface area contributed by atoms with Crippen LogP contribution in [0.25, 0.3) is 22.6 Å². The van der Waals surface area contributed by atoms with Crippen LogP contribution < -0.4 is 4.74 Å². The van der Waals surface area contributed by atoms with Gasteiger partial charge < -0.3 is 9.26 Å². The van der Waals surface area contributed by atoms with E-state index in [0.717, 1.165) is 42.0 Å². The van der Waals surface area contributed by atoms with Crippen molar-refractivity contribution in [2.24, 2.45) is 0 Å². The third kappa shape index (κ3) is 4.15. The summed E-state index contributed by atoms with van der Waals surface area (Å²) in [6.07, 6.45) is 2.17. The van der Waals surface area contributed by atoms with Crippen molar-refractivity contribution in [1.29, 1.82) is 0 Å². The van der Waals surface area contributed by atoms with Crippen LogP contribution in [-0.2, 0) is 0 Å². The minimum atomic E-state index is 0.0497. The fraction of sp³-hybridized carbons (Fsp3) is 0.238. The molecule has 128 valence electrons. The molecule has 0 unspecified atom stereocenters. The van der Waals surface area contributed by atoms with Gasteiger partial charge in [-0.05, 0) is 37.6 Å². The summed E-state index contributed by atoms with van der Waals surface area (Å²) in [4.78, 5) is 11.3. The second kappa shape index (κ2) is 7.79. The molecule has 0 atom stereocenters. The monoisotopic (exact) mass is 335 g/mol. The lowest BCUT2D eigenvalue weighted by Crippen LogP contribution is -1.95. The molecule has 0 spiro atoms. The molecule has 0 aliphatic heterocycles. The molecule has 0 amide bonds. The fourth-order valence-corrected chi connectivity index (χ4v) is 2.47. The zero-order valence-corrected chi connectivity index (χ0v) is 14.5. The van der Waals surface area contributed by atoms with E-state index in [-0.39, 0.29) is 5.78 Å². The molecule has 0 aliphatic rings. The summed E-state index contributed by atoms with van der Waals surface area (Å²) >= 11 is 0. The smallest absolute Gasteiger partial charge is 0.167 e. The lowest BCUT2D eigenvalue weighted by Gasteiger charge is -2.05. The number of Topliss-reactive ketones (excluding diaryl/α,β-unsaturated/α-hetero) is 1. The van der Waals surface area contributed by atoms with Gasteiger partial charge in [0.25, 0.3) is 0 Å². The summed E-state index contributed by atoms with van der Waals surface area (Å²) in [5, 5.41) is 4.13. The van der Waals surface area contributed by atoms with Crippen LogP contribution >= 0.6 is 0 Å². The normalized spacial score (nSPS) is 10.6. The number of unbranched alkanes of at least 4 members (excludes halogenated alkanes) is 1. The molecule has 0 aliphatic carbocycles. The molecule has 3 aromatic rings. The number of hydrogen-bond donors (Lipinski definition) is 0. The molecule has 0 saturated carbocycles. The first-order chi connectivity index (χ1) is 12.2. The van der Waals surface area contributed by atoms with Crippen molar-refractivity contribution in [3.05, 3.63) is 60.2 Å². The van der Waals surface area contributed by atoms with Gasteiger partial charge in [-0.25, -0.2) is 0 Å². The maximum absolute atomic E-state index is 11.3. The third-order valence-electron chi connectivity index (χ3n) is 4.00. The van der Waals surface area contributed by atoms with Gasteiger partial charge in [-0.2, -0.15) is 0 Å². The largest absolute Gasteiger partial charge is 0.494 e. The zero-order valence-electron chi connectivity index (χ0n) is 14.5. The Morgan fingerprint density at radius 3 is 2.36 bits per heavy atom. The Bertz CT molecular complexity index is 832. The number of rotatable bonds is 7. The molecule has 0 radical (unpaired) electrons. The Kier molecular flexibility index (Phi) is 5.29. The van der Waals surface area contributed by atoms with Crippen LogP contribution in [0.2, 0.25) is 0 Å². The molecular formula is C21H21NO3. The number of aromatic nitrogens is 1. The highest BCUT2D eigenvalue weighted by atomic mass is 16.5. The molecule has 1 heterocycles. The highest BCUT2D eigenvalue weighted by molar-refractivity contribution is 5.94. The first kappa shape index (κ1) is 17.0. The van der Waals surface area contributed by atoms with E-state index in [9.17, 15) is 4.79 Å². The molecule has 4 heteroatoms. The SMILES string of the molecule is CCCCOc1ccc(-c2cc(-c3ccc(C(C)=O)cc3)no2)cc1. The standard InChI is InChI=1S/C21H21NO3/c1-3-4-13-24-19-11-9-18(10-12-19)21-14-20(22-25-21)17-7-5-16(6-8-17)15(2)23/h5-12,14H,3-4,13H2,1-2H3. The van der Waals surface area contributed by atoms with Crippen LogP contribution in [0.3, 0.4) is 0 Å². The van der Waals surface area contributed by atoms with Crippen molar-refractivity contribution in [3.8, 4) is 28.3 Å². The molecule has 4 nitrogen and oxygen atoms in total. The molecule has 25 heavy (non-hydrogen) atoms. The van der Waals surface area contributed by atoms with Crippen molar-refractivity contribution in [3.63, 3.8) is 0 Å². The summed E-state index contributed by atoms with van der Waals surface area (Å²) in [7, 11) is 0. The lowest BCUT2D eigenvalue weighted by atomic mass is 10.1. The maximum Gasteiger partial charge on any atom is 0.167 e. The highest BCUT2D eigenvalue weighted by Gasteiger charge is 2.09. The second-order valence-corrected chi connectivity index (χ2v) is 5.94. The van der Waals surface area contributed by atoms with Crippen LogP contribution in [0.5, 0.6) is 5.75 Å². The summed E-state index contributed by atoms with van der Waals surface area (Å²) in [6.45, 7) is 4.43. The quantitative estimate of drug-likeness (QED) is 0.429. The molecule has 1 aromatic heterocycles. The average Bonchev–Trinajstić information content (AvgIpc) is 3.13. The first-order valence-electron chi connectivity index (χ1n) is 8.48. The molecule has 0 bridgehead atoms. The van der Waals surface area contributed by atoms with Gasteiger partial charge in [0.2, 0.25) is 0 Å². The fourth-order valence-electron chi connectivity index (χ4n) is 2.47. The number of carbonyl (C=O) groups excluding carboxylic acids is 1. The zero-order chi connectivity index (χ0) is 17.6.